The second-order valence-corrected chi connectivity index (χ2v) is 12.6. The Balaban J connectivity index is 1.87. The average molecular weight is 584 g/mol. The lowest BCUT2D eigenvalue weighted by Crippen LogP contribution is -2.51. The van der Waals surface area contributed by atoms with Crippen LogP contribution in [-0.4, -0.2) is 50.0 Å². The van der Waals surface area contributed by atoms with Crippen molar-refractivity contribution in [3.8, 4) is 0 Å². The van der Waals surface area contributed by atoms with Gasteiger partial charge in [-0.15, -0.1) is 0 Å². The van der Waals surface area contributed by atoms with Crippen molar-refractivity contribution < 1.29 is 18.0 Å². The number of hydrogen-bond donors (Lipinski definition) is 1. The molecule has 40 heavy (non-hydrogen) atoms. The molecule has 0 saturated heterocycles. The first kappa shape index (κ1) is 31.2. The summed E-state index contributed by atoms with van der Waals surface area (Å²) in [6, 6.07) is 23.3. The normalized spacial score (nSPS) is 12.2. The molecule has 9 heteroatoms. The van der Waals surface area contributed by atoms with E-state index in [0.717, 1.165) is 22.9 Å². The predicted molar refractivity (Wildman–Crippen MR) is 162 cm³/mol. The molecule has 214 valence electrons. The van der Waals surface area contributed by atoms with Gasteiger partial charge in [-0.1, -0.05) is 77.8 Å². The Kier molecular flexibility index (Phi) is 11.2. The van der Waals surface area contributed by atoms with Crippen LogP contribution in [0.2, 0.25) is 5.02 Å². The minimum Gasteiger partial charge on any atom is -0.352 e. The highest BCUT2D eigenvalue weighted by molar-refractivity contribution is 7.92. The van der Waals surface area contributed by atoms with Gasteiger partial charge in [0.05, 0.1) is 11.9 Å². The van der Waals surface area contributed by atoms with Crippen molar-refractivity contribution in [3.05, 3.63) is 101 Å². The van der Waals surface area contributed by atoms with E-state index in [4.69, 9.17) is 11.6 Å². The molecule has 0 spiro atoms. The number of carbonyl (C=O) groups excluding carboxylic acids is 2. The number of rotatable bonds is 13. The van der Waals surface area contributed by atoms with E-state index < -0.39 is 16.1 Å². The van der Waals surface area contributed by atoms with Gasteiger partial charge in [0.1, 0.15) is 6.04 Å². The van der Waals surface area contributed by atoms with Crippen molar-refractivity contribution in [2.24, 2.45) is 0 Å². The Morgan fingerprint density at radius 1 is 0.925 bits per heavy atom. The van der Waals surface area contributed by atoms with Gasteiger partial charge in [0, 0.05) is 37.0 Å². The zero-order valence-electron chi connectivity index (χ0n) is 23.5. The molecular weight excluding hydrogens is 546 g/mol. The molecule has 3 aromatic carbocycles. The van der Waals surface area contributed by atoms with Crippen molar-refractivity contribution in [2.75, 3.05) is 17.1 Å². The van der Waals surface area contributed by atoms with Crippen LogP contribution in [0.1, 0.15) is 43.4 Å². The van der Waals surface area contributed by atoms with E-state index in [-0.39, 0.29) is 43.8 Å². The molecule has 0 heterocycles. The van der Waals surface area contributed by atoms with Gasteiger partial charge >= 0.3 is 0 Å². The number of benzene rings is 3. The minimum atomic E-state index is -3.60. The van der Waals surface area contributed by atoms with E-state index in [1.807, 2.05) is 75.4 Å². The molecule has 0 aliphatic rings. The number of amides is 2. The lowest BCUT2D eigenvalue weighted by molar-refractivity contribution is -0.141. The Hall–Kier alpha value is -3.36. The molecule has 3 rings (SSSR count). The van der Waals surface area contributed by atoms with Gasteiger partial charge in [0.15, 0.2) is 0 Å². The van der Waals surface area contributed by atoms with Crippen LogP contribution in [0.25, 0.3) is 0 Å². The lowest BCUT2D eigenvalue weighted by atomic mass is 10.0. The first-order valence-electron chi connectivity index (χ1n) is 13.4. The molecule has 3 aromatic rings. The first-order valence-corrected chi connectivity index (χ1v) is 15.6. The molecule has 2 amide bonds. The van der Waals surface area contributed by atoms with Crippen molar-refractivity contribution in [3.63, 3.8) is 0 Å². The summed E-state index contributed by atoms with van der Waals surface area (Å²) >= 11 is 6.10. The maximum Gasteiger partial charge on any atom is 0.243 e. The summed E-state index contributed by atoms with van der Waals surface area (Å²) in [6.45, 7) is 6.13. The van der Waals surface area contributed by atoms with Crippen LogP contribution in [-0.2, 0) is 32.6 Å². The topological polar surface area (TPSA) is 86.8 Å². The SMILES string of the molecule is Cc1ccc(CN(C(=O)CCCN(c2cccc(Cl)c2)S(C)(=O)=O)[C@H](Cc2ccccc2)C(=O)NC(C)C)cc1. The van der Waals surface area contributed by atoms with Gasteiger partial charge in [-0.05, 0) is 56.5 Å². The number of anilines is 1. The van der Waals surface area contributed by atoms with E-state index in [1.54, 1.807) is 29.2 Å². The molecule has 0 radical (unpaired) electrons. The maximum atomic E-state index is 13.8. The molecule has 7 nitrogen and oxygen atoms in total. The van der Waals surface area contributed by atoms with Crippen molar-refractivity contribution in [1.29, 1.82) is 0 Å². The van der Waals surface area contributed by atoms with Crippen LogP contribution >= 0.6 is 11.6 Å². The fraction of sp³-hybridized carbons (Fsp3) is 0.355. The quantitative estimate of drug-likeness (QED) is 0.293. The molecule has 1 N–H and O–H groups in total. The summed E-state index contributed by atoms with van der Waals surface area (Å²) in [7, 11) is -3.60. The molecule has 0 bridgehead atoms. The van der Waals surface area contributed by atoms with E-state index in [1.165, 1.54) is 4.31 Å². The minimum absolute atomic E-state index is 0.0682. The van der Waals surface area contributed by atoms with Crippen LogP contribution in [0.5, 0.6) is 0 Å². The summed E-state index contributed by atoms with van der Waals surface area (Å²) in [5.41, 5.74) is 3.39. The van der Waals surface area contributed by atoms with Gasteiger partial charge in [-0.2, -0.15) is 0 Å². The van der Waals surface area contributed by atoms with Gasteiger partial charge in [-0.25, -0.2) is 8.42 Å². The Morgan fingerprint density at radius 2 is 1.60 bits per heavy atom. The highest BCUT2D eigenvalue weighted by atomic mass is 35.5. The highest BCUT2D eigenvalue weighted by Crippen LogP contribution is 2.23. The first-order chi connectivity index (χ1) is 18.9. The third kappa shape index (κ3) is 9.38. The summed E-state index contributed by atoms with van der Waals surface area (Å²) in [4.78, 5) is 28.9. The van der Waals surface area contributed by atoms with Gasteiger partial charge in [0.2, 0.25) is 21.8 Å². The zero-order chi connectivity index (χ0) is 29.3. The van der Waals surface area contributed by atoms with Crippen molar-refractivity contribution >= 4 is 39.1 Å². The van der Waals surface area contributed by atoms with E-state index in [0.29, 0.717) is 17.1 Å². The summed E-state index contributed by atoms with van der Waals surface area (Å²) in [6.07, 6.45) is 1.83. The number of hydrogen-bond acceptors (Lipinski definition) is 4. The molecular formula is C31H38ClN3O4S. The largest absolute Gasteiger partial charge is 0.352 e. The molecule has 0 fully saturated rings. The molecule has 0 aliphatic carbocycles. The number of nitrogens with one attached hydrogen (secondary N) is 1. The fourth-order valence-electron chi connectivity index (χ4n) is 4.46. The summed E-state index contributed by atoms with van der Waals surface area (Å²) in [5.74, 6) is -0.448. The van der Waals surface area contributed by atoms with E-state index in [2.05, 4.69) is 5.32 Å². The Morgan fingerprint density at radius 3 is 2.20 bits per heavy atom. The molecule has 0 aromatic heterocycles. The lowest BCUT2D eigenvalue weighted by Gasteiger charge is -2.32. The third-order valence-electron chi connectivity index (χ3n) is 6.42. The van der Waals surface area contributed by atoms with E-state index >= 15 is 0 Å². The third-order valence-corrected chi connectivity index (χ3v) is 7.85. The molecule has 0 saturated carbocycles. The smallest absolute Gasteiger partial charge is 0.243 e. The predicted octanol–water partition coefficient (Wildman–Crippen LogP) is 5.36. The van der Waals surface area contributed by atoms with Crippen LogP contribution in [0.15, 0.2) is 78.9 Å². The Bertz CT molecular complexity index is 1380. The maximum absolute atomic E-state index is 13.8. The van der Waals surface area contributed by atoms with Crippen LogP contribution in [0.4, 0.5) is 5.69 Å². The van der Waals surface area contributed by atoms with Gasteiger partial charge in [0.25, 0.3) is 0 Å². The van der Waals surface area contributed by atoms with Crippen LogP contribution in [0.3, 0.4) is 0 Å². The standard InChI is InChI=1S/C31H38ClN3O4S/c1-23(2)33-31(37)29(20-25-10-6-5-7-11-25)34(22-26-17-15-24(3)16-18-26)30(36)14-9-19-35(40(4,38)39)28-13-8-12-27(32)21-28/h5-8,10-13,15-18,21,23,29H,9,14,19-20,22H2,1-4H3,(H,33,37)/t29-/m1/s1. The van der Waals surface area contributed by atoms with E-state index in [9.17, 15) is 18.0 Å². The summed E-state index contributed by atoms with van der Waals surface area (Å²) < 4.78 is 26.4. The monoisotopic (exact) mass is 583 g/mol. The van der Waals surface area contributed by atoms with Gasteiger partial charge in [-0.3, -0.25) is 13.9 Å². The number of carbonyl (C=O) groups is 2. The number of halogens is 1. The molecule has 0 unspecified atom stereocenters. The number of aryl methyl sites for hydroxylation is 1. The zero-order valence-corrected chi connectivity index (χ0v) is 25.1. The van der Waals surface area contributed by atoms with Crippen molar-refractivity contribution in [1.82, 2.24) is 10.2 Å². The highest BCUT2D eigenvalue weighted by Gasteiger charge is 2.31. The average Bonchev–Trinajstić information content (AvgIpc) is 2.89. The number of nitrogens with zero attached hydrogens (tertiary/aromatic N) is 2. The van der Waals surface area contributed by atoms with Crippen LogP contribution < -0.4 is 9.62 Å². The summed E-state index contributed by atoms with van der Waals surface area (Å²) in [5, 5.41) is 3.40. The molecule has 1 atom stereocenters. The van der Waals surface area contributed by atoms with Crippen LogP contribution in [0, 0.1) is 6.92 Å². The molecule has 0 aliphatic heterocycles. The fourth-order valence-corrected chi connectivity index (χ4v) is 5.60. The second kappa shape index (κ2) is 14.3. The Labute approximate surface area is 243 Å². The van der Waals surface area contributed by atoms with Gasteiger partial charge < -0.3 is 10.2 Å². The second-order valence-electron chi connectivity index (χ2n) is 10.3. The number of sulfonamides is 1. The van der Waals surface area contributed by atoms with Crippen molar-refractivity contribution in [2.45, 2.75) is 58.7 Å².